The van der Waals surface area contributed by atoms with Crippen molar-refractivity contribution in [1.82, 2.24) is 10.6 Å². The van der Waals surface area contributed by atoms with Crippen LogP contribution in [0.25, 0.3) is 0 Å². The van der Waals surface area contributed by atoms with Crippen LogP contribution in [0.15, 0.2) is 35.4 Å². The Balaban J connectivity index is 2.14. The van der Waals surface area contributed by atoms with Crippen molar-refractivity contribution in [2.75, 3.05) is 13.2 Å². The van der Waals surface area contributed by atoms with Crippen LogP contribution < -0.4 is 10.6 Å². The van der Waals surface area contributed by atoms with E-state index in [4.69, 9.17) is 9.47 Å². The molecule has 1 aromatic carbocycles. The maximum Gasteiger partial charge on any atom is 0.408 e. The van der Waals surface area contributed by atoms with Gasteiger partial charge < -0.3 is 20.1 Å². The van der Waals surface area contributed by atoms with Crippen molar-refractivity contribution in [3.05, 3.63) is 46.5 Å². The molecule has 174 valence electrons. The van der Waals surface area contributed by atoms with E-state index < -0.39 is 29.2 Å². The smallest absolute Gasteiger partial charge is 0.408 e. The van der Waals surface area contributed by atoms with Gasteiger partial charge in [0.2, 0.25) is 5.91 Å². The van der Waals surface area contributed by atoms with Gasteiger partial charge in [0, 0.05) is 28.8 Å². The number of ether oxygens (including phenoxy) is 2. The summed E-state index contributed by atoms with van der Waals surface area (Å²) in [5.41, 5.74) is -0.102. The average Bonchev–Trinajstić information content (AvgIpc) is 2.67. The summed E-state index contributed by atoms with van der Waals surface area (Å²) < 4.78 is 10.9. The topological polar surface area (TPSA) is 111 Å². The molecule has 0 heterocycles. The van der Waals surface area contributed by atoms with Crippen LogP contribution in [0.3, 0.4) is 0 Å². The molecule has 32 heavy (non-hydrogen) atoms. The number of fused-ring (bicyclic) bond motifs is 1. The Bertz CT molecular complexity index is 950. The van der Waals surface area contributed by atoms with E-state index in [1.807, 2.05) is 20.8 Å². The van der Waals surface area contributed by atoms with Gasteiger partial charge in [0.1, 0.15) is 11.6 Å². The van der Waals surface area contributed by atoms with Crippen LogP contribution in [-0.2, 0) is 14.3 Å². The van der Waals surface area contributed by atoms with E-state index in [9.17, 15) is 19.2 Å². The SMILES string of the molecule is CC1=C(CNC(=O)C(COC(C)(C)C)NC(=O)OC(C)(C)C)C(=O)c2ccccc2C1=O. The highest BCUT2D eigenvalue weighted by molar-refractivity contribution is 6.26. The Labute approximate surface area is 188 Å². The van der Waals surface area contributed by atoms with Crippen molar-refractivity contribution in [2.45, 2.75) is 65.7 Å². The van der Waals surface area contributed by atoms with Gasteiger partial charge >= 0.3 is 6.09 Å². The van der Waals surface area contributed by atoms with Crippen LogP contribution in [0.5, 0.6) is 0 Å². The lowest BCUT2D eigenvalue weighted by Gasteiger charge is -2.26. The van der Waals surface area contributed by atoms with E-state index in [0.29, 0.717) is 11.1 Å². The van der Waals surface area contributed by atoms with E-state index in [2.05, 4.69) is 10.6 Å². The molecule has 0 spiro atoms. The highest BCUT2D eigenvalue weighted by Crippen LogP contribution is 2.25. The number of alkyl carbamates (subject to hydrolysis) is 1. The second kappa shape index (κ2) is 9.65. The number of nitrogens with one attached hydrogen (secondary N) is 2. The summed E-state index contributed by atoms with van der Waals surface area (Å²) in [6, 6.07) is 5.54. The Morgan fingerprint density at radius 2 is 1.50 bits per heavy atom. The number of carbonyl (C=O) groups is 4. The van der Waals surface area contributed by atoms with Crippen molar-refractivity contribution in [1.29, 1.82) is 0 Å². The second-order valence-electron chi connectivity index (χ2n) is 9.65. The fraction of sp³-hybridized carbons (Fsp3) is 0.500. The number of rotatable bonds is 6. The van der Waals surface area contributed by atoms with Gasteiger partial charge in [0.25, 0.3) is 0 Å². The van der Waals surface area contributed by atoms with Crippen LogP contribution in [-0.4, -0.2) is 54.0 Å². The van der Waals surface area contributed by atoms with Crippen LogP contribution in [0.4, 0.5) is 4.79 Å². The van der Waals surface area contributed by atoms with E-state index in [-0.39, 0.29) is 35.9 Å². The van der Waals surface area contributed by atoms with Crippen LogP contribution in [0.1, 0.15) is 69.2 Å². The molecule has 1 aliphatic rings. The number of carbonyl (C=O) groups excluding carboxylic acids is 4. The Morgan fingerprint density at radius 3 is 2.03 bits per heavy atom. The predicted octanol–water partition coefficient (Wildman–Crippen LogP) is 3.21. The molecular formula is C24H32N2O6. The molecule has 0 radical (unpaired) electrons. The summed E-state index contributed by atoms with van der Waals surface area (Å²) in [5, 5.41) is 5.16. The molecule has 2 N–H and O–H groups in total. The third-order valence-electron chi connectivity index (χ3n) is 4.61. The summed E-state index contributed by atoms with van der Waals surface area (Å²) in [5.74, 6) is -1.11. The molecule has 2 amide bonds. The van der Waals surface area contributed by atoms with Crippen molar-refractivity contribution < 1.29 is 28.7 Å². The van der Waals surface area contributed by atoms with Gasteiger partial charge in [-0.3, -0.25) is 14.4 Å². The van der Waals surface area contributed by atoms with Gasteiger partial charge in [-0.05, 0) is 48.5 Å². The molecule has 1 aromatic rings. The number of hydrogen-bond donors (Lipinski definition) is 2. The lowest BCUT2D eigenvalue weighted by Crippen LogP contribution is -2.52. The summed E-state index contributed by atoms with van der Waals surface area (Å²) in [6.45, 7) is 11.9. The Morgan fingerprint density at radius 1 is 0.938 bits per heavy atom. The fourth-order valence-electron chi connectivity index (χ4n) is 3.03. The maximum atomic E-state index is 12.9. The number of hydrogen-bond acceptors (Lipinski definition) is 6. The first-order valence-corrected chi connectivity index (χ1v) is 10.5. The van der Waals surface area contributed by atoms with E-state index >= 15 is 0 Å². The molecule has 0 saturated carbocycles. The van der Waals surface area contributed by atoms with Crippen molar-refractivity contribution in [3.8, 4) is 0 Å². The highest BCUT2D eigenvalue weighted by Gasteiger charge is 2.31. The number of allylic oxidation sites excluding steroid dienone is 1. The molecule has 0 saturated heterocycles. The monoisotopic (exact) mass is 444 g/mol. The zero-order chi connectivity index (χ0) is 24.3. The minimum Gasteiger partial charge on any atom is -0.444 e. The molecule has 8 heteroatoms. The summed E-state index contributed by atoms with van der Waals surface area (Å²) >= 11 is 0. The van der Waals surface area contributed by atoms with Gasteiger partial charge in [-0.2, -0.15) is 0 Å². The largest absolute Gasteiger partial charge is 0.444 e. The molecule has 1 atom stereocenters. The number of benzene rings is 1. The molecular weight excluding hydrogens is 412 g/mol. The van der Waals surface area contributed by atoms with E-state index in [1.165, 1.54) is 0 Å². The predicted molar refractivity (Wildman–Crippen MR) is 120 cm³/mol. The third kappa shape index (κ3) is 6.75. The number of ketones is 2. The maximum absolute atomic E-state index is 12.9. The zero-order valence-electron chi connectivity index (χ0n) is 19.8. The van der Waals surface area contributed by atoms with Gasteiger partial charge in [0.15, 0.2) is 11.6 Å². The quantitative estimate of drug-likeness (QED) is 0.697. The molecule has 1 aliphatic carbocycles. The van der Waals surface area contributed by atoms with Crippen LogP contribution in [0.2, 0.25) is 0 Å². The fourth-order valence-corrected chi connectivity index (χ4v) is 3.03. The Kier molecular flexibility index (Phi) is 7.62. The minimum absolute atomic E-state index is 0.0949. The minimum atomic E-state index is -1.05. The lowest BCUT2D eigenvalue weighted by molar-refractivity contribution is -0.126. The molecule has 1 unspecified atom stereocenters. The number of Topliss-reactive ketones (excluding diaryl/α,β-unsaturated/α-hetero) is 2. The molecule has 0 bridgehead atoms. The molecule has 8 nitrogen and oxygen atoms in total. The van der Waals surface area contributed by atoms with Gasteiger partial charge in [-0.25, -0.2) is 4.79 Å². The molecule has 0 fully saturated rings. The molecule has 2 rings (SSSR count). The van der Waals surface area contributed by atoms with Gasteiger partial charge in [-0.1, -0.05) is 24.3 Å². The first kappa shape index (κ1) is 25.3. The van der Waals surface area contributed by atoms with E-state index in [1.54, 1.807) is 52.0 Å². The second-order valence-corrected chi connectivity index (χ2v) is 9.65. The summed E-state index contributed by atoms with van der Waals surface area (Å²) in [6.07, 6.45) is -0.761. The van der Waals surface area contributed by atoms with Crippen molar-refractivity contribution in [2.24, 2.45) is 0 Å². The van der Waals surface area contributed by atoms with Gasteiger partial charge in [-0.15, -0.1) is 0 Å². The summed E-state index contributed by atoms with van der Waals surface area (Å²) in [7, 11) is 0. The van der Waals surface area contributed by atoms with Crippen LogP contribution >= 0.6 is 0 Å². The first-order valence-electron chi connectivity index (χ1n) is 10.5. The van der Waals surface area contributed by atoms with Gasteiger partial charge in [0.05, 0.1) is 12.2 Å². The normalized spacial score (nSPS) is 15.2. The molecule has 0 aliphatic heterocycles. The standard InChI is InChI=1S/C24H32N2O6/c1-14-17(20(28)16-11-9-8-10-15(16)19(14)27)12-25-21(29)18(13-31-23(2,3)4)26-22(30)32-24(5,6)7/h8-11,18H,12-13H2,1-7H3,(H,25,29)(H,26,30). The Hall–Kier alpha value is -3.00. The lowest BCUT2D eigenvalue weighted by atomic mass is 9.84. The zero-order valence-corrected chi connectivity index (χ0v) is 19.8. The highest BCUT2D eigenvalue weighted by atomic mass is 16.6. The van der Waals surface area contributed by atoms with Crippen LogP contribution in [0, 0.1) is 0 Å². The number of amides is 2. The van der Waals surface area contributed by atoms with Crippen molar-refractivity contribution >= 4 is 23.6 Å². The summed E-state index contributed by atoms with van der Waals surface area (Å²) in [4.78, 5) is 50.6. The first-order chi connectivity index (χ1) is 14.7. The van der Waals surface area contributed by atoms with Crippen molar-refractivity contribution in [3.63, 3.8) is 0 Å². The average molecular weight is 445 g/mol. The third-order valence-corrected chi connectivity index (χ3v) is 4.61. The molecule has 0 aromatic heterocycles. The van der Waals surface area contributed by atoms with E-state index in [0.717, 1.165) is 0 Å².